The van der Waals surface area contributed by atoms with Crippen LogP contribution in [0.25, 0.3) is 0 Å². The Morgan fingerprint density at radius 1 is 1.28 bits per heavy atom. The van der Waals surface area contributed by atoms with Crippen molar-refractivity contribution in [1.29, 1.82) is 0 Å². The molecule has 0 aromatic heterocycles. The fourth-order valence-electron chi connectivity index (χ4n) is 2.49. The maximum atomic E-state index is 11.7. The van der Waals surface area contributed by atoms with Crippen molar-refractivity contribution in [2.75, 3.05) is 39.3 Å². The minimum Gasteiger partial charge on any atom is -0.355 e. The molecule has 0 atom stereocenters. The molecular formula is C14H29N3O. The molecular weight excluding hydrogens is 226 g/mol. The summed E-state index contributed by atoms with van der Waals surface area (Å²) in [5.41, 5.74) is 0. The van der Waals surface area contributed by atoms with E-state index in [4.69, 9.17) is 0 Å². The second kappa shape index (κ2) is 9.34. The number of amides is 1. The molecule has 1 fully saturated rings. The molecule has 0 bridgehead atoms. The van der Waals surface area contributed by atoms with Crippen LogP contribution in [0.1, 0.15) is 39.5 Å². The van der Waals surface area contributed by atoms with Crippen LogP contribution in [0.4, 0.5) is 0 Å². The van der Waals surface area contributed by atoms with E-state index in [1.807, 2.05) is 0 Å². The predicted molar refractivity (Wildman–Crippen MR) is 75.6 cm³/mol. The molecule has 4 heteroatoms. The van der Waals surface area contributed by atoms with Crippen molar-refractivity contribution in [2.45, 2.75) is 39.5 Å². The van der Waals surface area contributed by atoms with E-state index in [0.717, 1.165) is 51.6 Å². The fourth-order valence-corrected chi connectivity index (χ4v) is 2.49. The van der Waals surface area contributed by atoms with Gasteiger partial charge in [0.05, 0.1) is 0 Å². The van der Waals surface area contributed by atoms with E-state index < -0.39 is 0 Å². The lowest BCUT2D eigenvalue weighted by atomic mass is 9.93. The minimum atomic E-state index is 0.223. The van der Waals surface area contributed by atoms with Gasteiger partial charge in [0, 0.05) is 19.5 Å². The van der Waals surface area contributed by atoms with Crippen LogP contribution in [-0.4, -0.2) is 50.1 Å². The first kappa shape index (κ1) is 15.4. The van der Waals surface area contributed by atoms with E-state index in [1.54, 1.807) is 0 Å². The van der Waals surface area contributed by atoms with E-state index >= 15 is 0 Å². The Balaban J connectivity index is 2.02. The maximum Gasteiger partial charge on any atom is 0.220 e. The molecule has 0 radical (unpaired) electrons. The van der Waals surface area contributed by atoms with Crippen molar-refractivity contribution in [3.8, 4) is 0 Å². The summed E-state index contributed by atoms with van der Waals surface area (Å²) in [5, 5.41) is 6.38. The van der Waals surface area contributed by atoms with Gasteiger partial charge in [0.25, 0.3) is 0 Å². The van der Waals surface area contributed by atoms with Crippen molar-refractivity contribution >= 4 is 5.91 Å². The Kier molecular flexibility index (Phi) is 8.01. The molecule has 4 nitrogen and oxygen atoms in total. The Hall–Kier alpha value is -0.610. The Labute approximate surface area is 111 Å². The zero-order chi connectivity index (χ0) is 13.2. The number of nitrogens with zero attached hydrogens (tertiary/aromatic N) is 1. The van der Waals surface area contributed by atoms with Gasteiger partial charge >= 0.3 is 0 Å². The summed E-state index contributed by atoms with van der Waals surface area (Å²) in [7, 11) is 0. The third kappa shape index (κ3) is 6.36. The van der Waals surface area contributed by atoms with E-state index in [1.165, 1.54) is 12.8 Å². The summed E-state index contributed by atoms with van der Waals surface area (Å²) in [5.74, 6) is 0.973. The lowest BCUT2D eigenvalue weighted by Crippen LogP contribution is -2.35. The largest absolute Gasteiger partial charge is 0.355 e. The minimum absolute atomic E-state index is 0.223. The molecule has 1 heterocycles. The summed E-state index contributed by atoms with van der Waals surface area (Å²) in [4.78, 5) is 14.0. The predicted octanol–water partition coefficient (Wildman–Crippen LogP) is 1.22. The summed E-state index contributed by atoms with van der Waals surface area (Å²) in [6.45, 7) is 10.4. The van der Waals surface area contributed by atoms with Gasteiger partial charge in [-0.3, -0.25) is 4.79 Å². The van der Waals surface area contributed by atoms with Crippen LogP contribution in [-0.2, 0) is 4.79 Å². The first-order valence-corrected chi connectivity index (χ1v) is 7.46. The zero-order valence-electron chi connectivity index (χ0n) is 12.0. The summed E-state index contributed by atoms with van der Waals surface area (Å²) >= 11 is 0. The van der Waals surface area contributed by atoms with Crippen LogP contribution in [0.3, 0.4) is 0 Å². The highest BCUT2D eigenvalue weighted by Crippen LogP contribution is 2.17. The third-order valence-corrected chi connectivity index (χ3v) is 3.88. The Morgan fingerprint density at radius 3 is 2.56 bits per heavy atom. The van der Waals surface area contributed by atoms with Crippen molar-refractivity contribution in [2.24, 2.45) is 5.92 Å². The number of hydrogen-bond donors (Lipinski definition) is 2. The molecule has 2 N–H and O–H groups in total. The number of rotatable bonds is 8. The van der Waals surface area contributed by atoms with Gasteiger partial charge in [0.2, 0.25) is 5.91 Å². The monoisotopic (exact) mass is 255 g/mol. The third-order valence-electron chi connectivity index (χ3n) is 3.88. The van der Waals surface area contributed by atoms with Crippen molar-refractivity contribution in [1.82, 2.24) is 15.5 Å². The number of hydrogen-bond acceptors (Lipinski definition) is 3. The molecule has 0 unspecified atom stereocenters. The van der Waals surface area contributed by atoms with E-state index in [0.29, 0.717) is 6.42 Å². The number of piperidine rings is 1. The summed E-state index contributed by atoms with van der Waals surface area (Å²) in [6.07, 6.45) is 4.21. The first-order valence-electron chi connectivity index (χ1n) is 7.46. The molecule has 0 aromatic carbocycles. The Bertz CT molecular complexity index is 223. The van der Waals surface area contributed by atoms with Crippen molar-refractivity contribution in [3.63, 3.8) is 0 Å². The van der Waals surface area contributed by atoms with Gasteiger partial charge in [-0.25, -0.2) is 0 Å². The fraction of sp³-hybridized carbons (Fsp3) is 0.929. The van der Waals surface area contributed by atoms with E-state index in [2.05, 4.69) is 29.4 Å². The normalized spacial score (nSPS) is 17.1. The van der Waals surface area contributed by atoms with Crippen LogP contribution < -0.4 is 10.6 Å². The molecule has 1 rings (SSSR count). The number of nitrogens with one attached hydrogen (secondary N) is 2. The van der Waals surface area contributed by atoms with Gasteiger partial charge in [-0.2, -0.15) is 0 Å². The molecule has 18 heavy (non-hydrogen) atoms. The maximum absolute atomic E-state index is 11.7. The SMILES string of the molecule is CCN(CC)CCNC(=O)CCC1CCNCC1. The quantitative estimate of drug-likeness (QED) is 0.685. The second-order valence-corrected chi connectivity index (χ2v) is 5.11. The molecule has 0 spiro atoms. The van der Waals surface area contributed by atoms with Gasteiger partial charge in [-0.15, -0.1) is 0 Å². The smallest absolute Gasteiger partial charge is 0.220 e. The van der Waals surface area contributed by atoms with Gasteiger partial charge < -0.3 is 15.5 Å². The average Bonchev–Trinajstić information content (AvgIpc) is 2.42. The average molecular weight is 255 g/mol. The van der Waals surface area contributed by atoms with Crippen molar-refractivity contribution < 1.29 is 4.79 Å². The Morgan fingerprint density at radius 2 is 1.94 bits per heavy atom. The molecule has 0 saturated carbocycles. The van der Waals surface area contributed by atoms with Crippen LogP contribution in [0.5, 0.6) is 0 Å². The molecule has 1 amide bonds. The van der Waals surface area contributed by atoms with Crippen LogP contribution in [0, 0.1) is 5.92 Å². The van der Waals surface area contributed by atoms with E-state index in [9.17, 15) is 4.79 Å². The molecule has 1 aliphatic heterocycles. The molecule has 106 valence electrons. The van der Waals surface area contributed by atoms with Crippen LogP contribution in [0.2, 0.25) is 0 Å². The highest BCUT2D eigenvalue weighted by molar-refractivity contribution is 5.75. The van der Waals surface area contributed by atoms with Gasteiger partial charge in [-0.05, 0) is 51.4 Å². The molecule has 0 aliphatic carbocycles. The lowest BCUT2D eigenvalue weighted by molar-refractivity contribution is -0.121. The molecule has 1 aliphatic rings. The highest BCUT2D eigenvalue weighted by atomic mass is 16.1. The summed E-state index contributed by atoms with van der Waals surface area (Å²) < 4.78 is 0. The van der Waals surface area contributed by atoms with E-state index in [-0.39, 0.29) is 5.91 Å². The molecule has 0 aromatic rings. The topological polar surface area (TPSA) is 44.4 Å². The van der Waals surface area contributed by atoms with Crippen molar-refractivity contribution in [3.05, 3.63) is 0 Å². The van der Waals surface area contributed by atoms with Gasteiger partial charge in [-0.1, -0.05) is 13.8 Å². The number of carbonyl (C=O) groups excluding carboxylic acids is 1. The molecule has 1 saturated heterocycles. The zero-order valence-corrected chi connectivity index (χ0v) is 12.0. The standard InChI is InChI=1S/C14H29N3O/c1-3-17(4-2)12-11-16-14(18)6-5-13-7-9-15-10-8-13/h13,15H,3-12H2,1-2H3,(H,16,18). The second-order valence-electron chi connectivity index (χ2n) is 5.11. The lowest BCUT2D eigenvalue weighted by Gasteiger charge is -2.22. The summed E-state index contributed by atoms with van der Waals surface area (Å²) in [6, 6.07) is 0. The van der Waals surface area contributed by atoms with Gasteiger partial charge in [0.15, 0.2) is 0 Å². The van der Waals surface area contributed by atoms with Crippen LogP contribution in [0.15, 0.2) is 0 Å². The number of likely N-dealkylation sites (N-methyl/N-ethyl adjacent to an activating group) is 1. The highest BCUT2D eigenvalue weighted by Gasteiger charge is 2.14. The number of carbonyl (C=O) groups is 1. The first-order chi connectivity index (χ1) is 8.76. The van der Waals surface area contributed by atoms with Gasteiger partial charge in [0.1, 0.15) is 0 Å². The van der Waals surface area contributed by atoms with Crippen LogP contribution >= 0.6 is 0 Å².